The molecule has 1 N–H and O–H groups in total. The highest BCUT2D eigenvalue weighted by Gasteiger charge is 2.11. The number of aryl methyl sites for hydroxylation is 3. The van der Waals surface area contributed by atoms with Gasteiger partial charge >= 0.3 is 0 Å². The Labute approximate surface area is 157 Å². The summed E-state index contributed by atoms with van der Waals surface area (Å²) in [5, 5.41) is 12.1. The lowest BCUT2D eigenvalue weighted by atomic mass is 10.1. The molecular formula is C20H22N4OS. The van der Waals surface area contributed by atoms with Crippen LogP contribution in [0.3, 0.4) is 0 Å². The van der Waals surface area contributed by atoms with Crippen LogP contribution < -0.4 is 5.32 Å². The average molecular weight is 366 g/mol. The first-order chi connectivity index (χ1) is 12.6. The summed E-state index contributed by atoms with van der Waals surface area (Å²) >= 11 is 1.40. The predicted octanol–water partition coefficient (Wildman–Crippen LogP) is 3.64. The largest absolute Gasteiger partial charge is 0.325 e. The van der Waals surface area contributed by atoms with Crippen LogP contribution in [0.2, 0.25) is 0 Å². The highest BCUT2D eigenvalue weighted by atomic mass is 32.2. The van der Waals surface area contributed by atoms with E-state index in [1.165, 1.54) is 22.9 Å². The van der Waals surface area contributed by atoms with E-state index in [0.29, 0.717) is 5.75 Å². The van der Waals surface area contributed by atoms with Crippen molar-refractivity contribution < 1.29 is 4.79 Å². The van der Waals surface area contributed by atoms with Crippen LogP contribution in [0, 0.1) is 6.92 Å². The topological polar surface area (TPSA) is 59.8 Å². The van der Waals surface area contributed by atoms with Gasteiger partial charge in [-0.25, -0.2) is 0 Å². The molecule has 0 radical (unpaired) electrons. The first kappa shape index (κ1) is 18.2. The number of hydrogen-bond donors (Lipinski definition) is 1. The summed E-state index contributed by atoms with van der Waals surface area (Å²) in [7, 11) is 1.94. The molecule has 0 saturated heterocycles. The fourth-order valence-electron chi connectivity index (χ4n) is 2.55. The van der Waals surface area contributed by atoms with Crippen molar-refractivity contribution in [1.29, 1.82) is 0 Å². The molecule has 2 aromatic carbocycles. The van der Waals surface area contributed by atoms with E-state index in [-0.39, 0.29) is 5.91 Å². The summed E-state index contributed by atoms with van der Waals surface area (Å²) < 4.78 is 1.97. The Morgan fingerprint density at radius 3 is 2.50 bits per heavy atom. The molecule has 3 rings (SSSR count). The van der Waals surface area contributed by atoms with Crippen molar-refractivity contribution in [2.75, 3.05) is 11.1 Å². The summed E-state index contributed by atoms with van der Waals surface area (Å²) in [6.07, 6.45) is 1.75. The van der Waals surface area contributed by atoms with Crippen LogP contribution >= 0.6 is 11.8 Å². The lowest BCUT2D eigenvalue weighted by molar-refractivity contribution is -0.113. The molecule has 0 fully saturated rings. The minimum Gasteiger partial charge on any atom is -0.325 e. The zero-order valence-electron chi connectivity index (χ0n) is 15.0. The number of rotatable bonds is 7. The lowest BCUT2D eigenvalue weighted by Crippen LogP contribution is -2.14. The third kappa shape index (κ3) is 4.95. The fourth-order valence-corrected chi connectivity index (χ4v) is 3.28. The molecule has 0 unspecified atom stereocenters. The van der Waals surface area contributed by atoms with Crippen LogP contribution in [0.1, 0.15) is 17.0 Å². The fraction of sp³-hybridized carbons (Fsp3) is 0.250. The first-order valence-corrected chi connectivity index (χ1v) is 9.52. The number of benzene rings is 2. The maximum absolute atomic E-state index is 12.1. The molecule has 1 heterocycles. The average Bonchev–Trinajstić information content (AvgIpc) is 3.01. The molecule has 0 aliphatic rings. The molecule has 5 nitrogen and oxygen atoms in total. The Kier molecular flexibility index (Phi) is 6.07. The second-order valence-electron chi connectivity index (χ2n) is 6.15. The number of aromatic nitrogens is 3. The normalized spacial score (nSPS) is 10.7. The Balaban J connectivity index is 1.51. The number of thioether (sulfide) groups is 1. The number of anilines is 1. The van der Waals surface area contributed by atoms with Crippen molar-refractivity contribution in [1.82, 2.24) is 14.8 Å². The van der Waals surface area contributed by atoms with Gasteiger partial charge in [0.15, 0.2) is 5.16 Å². The van der Waals surface area contributed by atoms with E-state index < -0.39 is 0 Å². The summed E-state index contributed by atoms with van der Waals surface area (Å²) in [6.45, 7) is 2.02. The first-order valence-electron chi connectivity index (χ1n) is 8.53. The van der Waals surface area contributed by atoms with Crippen molar-refractivity contribution in [3.63, 3.8) is 0 Å². The second kappa shape index (κ2) is 8.67. The van der Waals surface area contributed by atoms with Crippen molar-refractivity contribution in [2.24, 2.45) is 7.05 Å². The number of hydrogen-bond acceptors (Lipinski definition) is 4. The van der Waals surface area contributed by atoms with E-state index in [9.17, 15) is 4.79 Å². The van der Waals surface area contributed by atoms with Crippen LogP contribution in [0.5, 0.6) is 0 Å². The van der Waals surface area contributed by atoms with Crippen LogP contribution in [-0.2, 0) is 24.7 Å². The van der Waals surface area contributed by atoms with Gasteiger partial charge in [0.2, 0.25) is 5.91 Å². The Morgan fingerprint density at radius 1 is 1.04 bits per heavy atom. The molecule has 134 valence electrons. The SMILES string of the molecule is Cc1ccc(NC(=O)CSc2nnc(CCc3ccccc3)n2C)cc1. The van der Waals surface area contributed by atoms with Crippen LogP contribution in [-0.4, -0.2) is 26.4 Å². The van der Waals surface area contributed by atoms with Gasteiger partial charge in [-0.15, -0.1) is 10.2 Å². The molecule has 0 aliphatic heterocycles. The zero-order chi connectivity index (χ0) is 18.4. The highest BCUT2D eigenvalue weighted by Crippen LogP contribution is 2.17. The monoisotopic (exact) mass is 366 g/mol. The lowest BCUT2D eigenvalue weighted by Gasteiger charge is -2.06. The molecule has 6 heteroatoms. The quantitative estimate of drug-likeness (QED) is 0.649. The van der Waals surface area contributed by atoms with Gasteiger partial charge in [-0.05, 0) is 31.0 Å². The van der Waals surface area contributed by atoms with E-state index in [1.54, 1.807) is 0 Å². The summed E-state index contributed by atoms with van der Waals surface area (Å²) in [5.41, 5.74) is 3.25. The second-order valence-corrected chi connectivity index (χ2v) is 7.09. The van der Waals surface area contributed by atoms with E-state index in [2.05, 4.69) is 27.6 Å². The molecule has 1 aromatic heterocycles. The molecule has 0 spiro atoms. The van der Waals surface area contributed by atoms with Crippen molar-refractivity contribution in [2.45, 2.75) is 24.9 Å². The zero-order valence-corrected chi connectivity index (χ0v) is 15.8. The van der Waals surface area contributed by atoms with E-state index in [1.807, 2.05) is 61.0 Å². The van der Waals surface area contributed by atoms with Gasteiger partial charge in [0.1, 0.15) is 5.82 Å². The van der Waals surface area contributed by atoms with Crippen molar-refractivity contribution >= 4 is 23.4 Å². The van der Waals surface area contributed by atoms with Crippen LogP contribution in [0.4, 0.5) is 5.69 Å². The molecule has 0 atom stereocenters. The molecular weight excluding hydrogens is 344 g/mol. The van der Waals surface area contributed by atoms with Gasteiger partial charge in [0.25, 0.3) is 0 Å². The molecule has 0 bridgehead atoms. The minimum atomic E-state index is -0.0484. The van der Waals surface area contributed by atoms with E-state index >= 15 is 0 Å². The molecule has 1 amide bonds. The summed E-state index contributed by atoms with van der Waals surface area (Å²) in [4.78, 5) is 12.1. The number of carbonyl (C=O) groups is 1. The molecule has 26 heavy (non-hydrogen) atoms. The van der Waals surface area contributed by atoms with Gasteiger partial charge in [0, 0.05) is 19.2 Å². The van der Waals surface area contributed by atoms with Crippen molar-refractivity contribution in [3.05, 3.63) is 71.5 Å². The predicted molar refractivity (Wildman–Crippen MR) is 105 cm³/mol. The van der Waals surface area contributed by atoms with E-state index in [4.69, 9.17) is 0 Å². The number of nitrogens with zero attached hydrogens (tertiary/aromatic N) is 3. The third-order valence-electron chi connectivity index (χ3n) is 4.07. The van der Waals surface area contributed by atoms with Crippen LogP contribution in [0.25, 0.3) is 0 Å². The minimum absolute atomic E-state index is 0.0484. The highest BCUT2D eigenvalue weighted by molar-refractivity contribution is 7.99. The summed E-state index contributed by atoms with van der Waals surface area (Å²) in [6, 6.07) is 18.1. The number of nitrogens with one attached hydrogen (secondary N) is 1. The van der Waals surface area contributed by atoms with Gasteiger partial charge < -0.3 is 9.88 Å². The van der Waals surface area contributed by atoms with Gasteiger partial charge in [-0.2, -0.15) is 0 Å². The maximum atomic E-state index is 12.1. The number of amides is 1. The van der Waals surface area contributed by atoms with Gasteiger partial charge in [-0.1, -0.05) is 59.8 Å². The van der Waals surface area contributed by atoms with Gasteiger partial charge in [-0.3, -0.25) is 4.79 Å². The smallest absolute Gasteiger partial charge is 0.234 e. The molecule has 0 aliphatic carbocycles. The summed E-state index contributed by atoms with van der Waals surface area (Å²) in [5.74, 6) is 1.18. The molecule has 3 aromatic rings. The van der Waals surface area contributed by atoms with E-state index in [0.717, 1.165) is 29.5 Å². The number of carbonyl (C=O) groups excluding carboxylic acids is 1. The van der Waals surface area contributed by atoms with Crippen LogP contribution in [0.15, 0.2) is 59.8 Å². The van der Waals surface area contributed by atoms with Gasteiger partial charge in [0.05, 0.1) is 5.75 Å². The maximum Gasteiger partial charge on any atom is 0.234 e. The Bertz CT molecular complexity index is 859. The Morgan fingerprint density at radius 2 is 1.77 bits per heavy atom. The Hall–Kier alpha value is -2.60. The standard InChI is InChI=1S/C20H22N4OS/c1-15-8-11-17(12-9-15)21-19(25)14-26-20-23-22-18(24(20)2)13-10-16-6-4-3-5-7-16/h3-9,11-12H,10,13-14H2,1-2H3,(H,21,25). The van der Waals surface area contributed by atoms with Crippen molar-refractivity contribution in [3.8, 4) is 0 Å². The molecule has 0 saturated carbocycles. The third-order valence-corrected chi connectivity index (χ3v) is 5.09.